The molecule has 7 heteroatoms. The molecule has 0 saturated heterocycles. The van der Waals surface area contributed by atoms with E-state index in [4.69, 9.17) is 16.9 Å². The van der Waals surface area contributed by atoms with Gasteiger partial charge in [0.1, 0.15) is 6.07 Å². The Bertz CT molecular complexity index is 429. The summed E-state index contributed by atoms with van der Waals surface area (Å²) in [5.41, 5.74) is -3.54. The van der Waals surface area contributed by atoms with E-state index in [-0.39, 0.29) is 34.6 Å². The highest BCUT2D eigenvalue weighted by Crippen LogP contribution is 2.30. The molecule has 2 nitrogen and oxygen atoms in total. The quantitative estimate of drug-likeness (QED) is 0.850. The summed E-state index contributed by atoms with van der Waals surface area (Å²) >= 11 is 5.66. The number of benzene rings is 1. The van der Waals surface area contributed by atoms with Crippen molar-refractivity contribution in [1.82, 2.24) is 0 Å². The van der Waals surface area contributed by atoms with Crippen molar-refractivity contribution >= 4 is 29.1 Å². The SMILES string of the molecule is N#Cc1c(Cl)cccc1NCCSC(F)(F)F. The standard InChI is InChI=1S/C10H8ClF3N2S/c11-8-2-1-3-9(7(8)6-15)16-4-5-17-10(12,13)14/h1-3,16H,4-5H2. The summed E-state index contributed by atoms with van der Waals surface area (Å²) in [4.78, 5) is 0. The van der Waals surface area contributed by atoms with E-state index in [0.29, 0.717) is 5.69 Å². The average molecular weight is 281 g/mol. The molecule has 0 radical (unpaired) electrons. The van der Waals surface area contributed by atoms with Crippen LogP contribution in [-0.2, 0) is 0 Å². The van der Waals surface area contributed by atoms with Crippen LogP contribution in [0, 0.1) is 11.3 Å². The molecule has 0 unspecified atom stereocenters. The average Bonchev–Trinajstić information content (AvgIpc) is 2.23. The predicted molar refractivity (Wildman–Crippen MR) is 63.2 cm³/mol. The number of hydrogen-bond acceptors (Lipinski definition) is 3. The molecule has 0 spiro atoms. The molecule has 1 N–H and O–H groups in total. The van der Waals surface area contributed by atoms with E-state index in [0.717, 1.165) is 0 Å². The summed E-state index contributed by atoms with van der Waals surface area (Å²) in [7, 11) is 0. The summed E-state index contributed by atoms with van der Waals surface area (Å²) < 4.78 is 35.6. The largest absolute Gasteiger partial charge is 0.441 e. The normalized spacial score (nSPS) is 11.0. The van der Waals surface area contributed by atoms with Gasteiger partial charge in [0.05, 0.1) is 16.3 Å². The lowest BCUT2D eigenvalue weighted by Crippen LogP contribution is -2.10. The monoisotopic (exact) mass is 280 g/mol. The van der Waals surface area contributed by atoms with Gasteiger partial charge in [-0.25, -0.2) is 0 Å². The summed E-state index contributed by atoms with van der Waals surface area (Å²) in [5, 5.41) is 11.9. The van der Waals surface area contributed by atoms with Gasteiger partial charge in [-0.05, 0) is 23.9 Å². The number of nitrogens with zero attached hydrogens (tertiary/aromatic N) is 1. The first kappa shape index (κ1) is 14.0. The third-order valence-electron chi connectivity index (χ3n) is 1.81. The summed E-state index contributed by atoms with van der Waals surface area (Å²) in [6.07, 6.45) is 0. The van der Waals surface area contributed by atoms with Crippen LogP contribution in [0.4, 0.5) is 18.9 Å². The molecule has 0 bridgehead atoms. The maximum Gasteiger partial charge on any atom is 0.441 e. The zero-order chi connectivity index (χ0) is 12.9. The van der Waals surface area contributed by atoms with Crippen LogP contribution >= 0.6 is 23.4 Å². The van der Waals surface area contributed by atoms with E-state index >= 15 is 0 Å². The molecule has 0 heterocycles. The number of alkyl halides is 3. The first-order chi connectivity index (χ1) is 7.94. The van der Waals surface area contributed by atoms with Crippen LogP contribution in [0.15, 0.2) is 18.2 Å². The fourth-order valence-corrected chi connectivity index (χ4v) is 1.79. The van der Waals surface area contributed by atoms with Crippen molar-refractivity contribution in [1.29, 1.82) is 5.26 Å². The number of halogens is 4. The van der Waals surface area contributed by atoms with E-state index in [2.05, 4.69) is 5.32 Å². The molecule has 0 fully saturated rings. The molecule has 1 aromatic carbocycles. The molecule has 0 aliphatic carbocycles. The second-order valence-corrected chi connectivity index (χ2v) is 4.56. The van der Waals surface area contributed by atoms with Crippen LogP contribution in [0.3, 0.4) is 0 Å². The van der Waals surface area contributed by atoms with Crippen molar-refractivity contribution in [3.05, 3.63) is 28.8 Å². The number of hydrogen-bond donors (Lipinski definition) is 1. The fraction of sp³-hybridized carbons (Fsp3) is 0.300. The van der Waals surface area contributed by atoms with Crippen LogP contribution in [-0.4, -0.2) is 17.8 Å². The molecule has 0 aliphatic heterocycles. The summed E-state index contributed by atoms with van der Waals surface area (Å²) in [6.45, 7) is 0.110. The van der Waals surface area contributed by atoms with E-state index in [1.54, 1.807) is 18.2 Å². The number of anilines is 1. The van der Waals surface area contributed by atoms with Crippen LogP contribution in [0.1, 0.15) is 5.56 Å². The molecule has 1 rings (SSSR count). The second kappa shape index (κ2) is 6.03. The van der Waals surface area contributed by atoms with Gasteiger partial charge in [0.15, 0.2) is 0 Å². The summed E-state index contributed by atoms with van der Waals surface area (Å²) in [5.74, 6) is -0.124. The van der Waals surface area contributed by atoms with Crippen LogP contribution in [0.25, 0.3) is 0 Å². The predicted octanol–water partition coefficient (Wildman–Crippen LogP) is 3.88. The molecule has 0 saturated carbocycles. The Morgan fingerprint density at radius 2 is 2.12 bits per heavy atom. The van der Waals surface area contributed by atoms with Gasteiger partial charge in [0.2, 0.25) is 0 Å². The fourth-order valence-electron chi connectivity index (χ4n) is 1.14. The van der Waals surface area contributed by atoms with Crippen molar-refractivity contribution in [3.63, 3.8) is 0 Å². The van der Waals surface area contributed by atoms with E-state index in [9.17, 15) is 13.2 Å². The van der Waals surface area contributed by atoms with Crippen LogP contribution in [0.5, 0.6) is 0 Å². The van der Waals surface area contributed by atoms with Gasteiger partial charge in [-0.3, -0.25) is 0 Å². The van der Waals surface area contributed by atoms with Gasteiger partial charge in [-0.15, -0.1) is 0 Å². The van der Waals surface area contributed by atoms with Crippen molar-refractivity contribution < 1.29 is 13.2 Å². The lowest BCUT2D eigenvalue weighted by molar-refractivity contribution is -0.0327. The minimum atomic E-state index is -4.23. The lowest BCUT2D eigenvalue weighted by Gasteiger charge is -2.09. The van der Waals surface area contributed by atoms with Crippen molar-refractivity contribution in [2.75, 3.05) is 17.6 Å². The molecule has 0 amide bonds. The first-order valence-corrected chi connectivity index (χ1v) is 5.93. The highest BCUT2D eigenvalue weighted by Gasteiger charge is 2.27. The molecule has 0 atom stereocenters. The Morgan fingerprint density at radius 3 is 2.71 bits per heavy atom. The zero-order valence-corrected chi connectivity index (χ0v) is 10.1. The van der Waals surface area contributed by atoms with Crippen molar-refractivity contribution in [2.24, 2.45) is 0 Å². The van der Waals surface area contributed by atoms with Crippen LogP contribution < -0.4 is 5.32 Å². The first-order valence-electron chi connectivity index (χ1n) is 4.57. The highest BCUT2D eigenvalue weighted by atomic mass is 35.5. The number of thioether (sulfide) groups is 1. The molecule has 0 aromatic heterocycles. The Labute approximate surface area is 106 Å². The maximum atomic E-state index is 11.9. The smallest absolute Gasteiger partial charge is 0.383 e. The van der Waals surface area contributed by atoms with Gasteiger partial charge in [0.25, 0.3) is 0 Å². The Morgan fingerprint density at radius 1 is 1.41 bits per heavy atom. The number of rotatable bonds is 4. The third kappa shape index (κ3) is 4.75. The molecule has 1 aromatic rings. The van der Waals surface area contributed by atoms with E-state index < -0.39 is 5.51 Å². The van der Waals surface area contributed by atoms with Crippen molar-refractivity contribution in [3.8, 4) is 6.07 Å². The number of nitriles is 1. The van der Waals surface area contributed by atoms with E-state index in [1.807, 2.05) is 6.07 Å². The highest BCUT2D eigenvalue weighted by molar-refractivity contribution is 8.00. The van der Waals surface area contributed by atoms with Gasteiger partial charge in [0, 0.05) is 12.3 Å². The van der Waals surface area contributed by atoms with Crippen LogP contribution in [0.2, 0.25) is 5.02 Å². The Hall–Kier alpha value is -1.06. The minimum Gasteiger partial charge on any atom is -0.383 e. The van der Waals surface area contributed by atoms with Gasteiger partial charge in [-0.2, -0.15) is 18.4 Å². The van der Waals surface area contributed by atoms with E-state index in [1.165, 1.54) is 0 Å². The maximum absolute atomic E-state index is 11.9. The topological polar surface area (TPSA) is 35.8 Å². The molecule has 92 valence electrons. The third-order valence-corrected chi connectivity index (χ3v) is 2.86. The molecule has 0 aliphatic rings. The Kier molecular flexibility index (Phi) is 4.97. The molecule has 17 heavy (non-hydrogen) atoms. The zero-order valence-electron chi connectivity index (χ0n) is 8.51. The second-order valence-electron chi connectivity index (χ2n) is 3.00. The van der Waals surface area contributed by atoms with Gasteiger partial charge in [-0.1, -0.05) is 17.7 Å². The molecular formula is C10H8ClF3N2S. The van der Waals surface area contributed by atoms with Gasteiger partial charge >= 0.3 is 5.51 Å². The van der Waals surface area contributed by atoms with Gasteiger partial charge < -0.3 is 5.32 Å². The van der Waals surface area contributed by atoms with Crippen molar-refractivity contribution in [2.45, 2.75) is 5.51 Å². The minimum absolute atomic E-state index is 0.108. The number of nitrogens with one attached hydrogen (secondary N) is 1. The Balaban J connectivity index is 2.53. The molecular weight excluding hydrogens is 273 g/mol. The summed E-state index contributed by atoms with van der Waals surface area (Å²) in [6, 6.07) is 6.68. The lowest BCUT2D eigenvalue weighted by atomic mass is 10.2.